The molecular weight excluding hydrogens is 556 g/mol. The number of carbonyl (C=O) groups is 3. The fraction of sp³-hybridized carbons (Fsp3) is 0.690. The van der Waals surface area contributed by atoms with Crippen molar-refractivity contribution in [1.29, 1.82) is 0 Å². The van der Waals surface area contributed by atoms with E-state index >= 15 is 0 Å². The second kappa shape index (κ2) is 8.21. The van der Waals surface area contributed by atoms with Gasteiger partial charge in [0.2, 0.25) is 0 Å². The Hall–Kier alpha value is -2.81. The van der Waals surface area contributed by atoms with E-state index in [1.54, 1.807) is 6.92 Å². The van der Waals surface area contributed by atoms with Crippen molar-refractivity contribution >= 4 is 17.9 Å². The number of esters is 3. The van der Waals surface area contributed by atoms with Crippen LogP contribution in [0.1, 0.15) is 58.6 Å². The number of ether oxygens (including phenoxy) is 3. The van der Waals surface area contributed by atoms with Crippen molar-refractivity contribution in [2.75, 3.05) is 7.11 Å². The normalized spacial score (nSPS) is 52.1. The van der Waals surface area contributed by atoms with Gasteiger partial charge in [-0.05, 0) is 30.9 Å². The Kier molecular flexibility index (Phi) is 5.72. The Morgan fingerprint density at radius 2 is 1.76 bits per heavy atom. The molecule has 230 valence electrons. The van der Waals surface area contributed by atoms with Gasteiger partial charge in [-0.25, -0.2) is 4.79 Å². The van der Waals surface area contributed by atoms with E-state index in [4.69, 9.17) is 18.6 Å². The molecule has 42 heavy (non-hydrogen) atoms. The van der Waals surface area contributed by atoms with Gasteiger partial charge in [0.05, 0.1) is 31.2 Å². The number of methoxy groups -OCH3 is 1. The first kappa shape index (κ1) is 29.3. The number of furan rings is 1. The van der Waals surface area contributed by atoms with Crippen LogP contribution in [0.2, 0.25) is 0 Å². The van der Waals surface area contributed by atoms with E-state index in [1.165, 1.54) is 32.4 Å². The van der Waals surface area contributed by atoms with Crippen LogP contribution < -0.4 is 0 Å². The molecule has 1 aliphatic heterocycles. The van der Waals surface area contributed by atoms with Crippen LogP contribution in [-0.4, -0.2) is 96.4 Å². The van der Waals surface area contributed by atoms with Crippen molar-refractivity contribution in [1.82, 2.24) is 0 Å². The predicted octanol–water partition coefficient (Wildman–Crippen LogP) is -0.585. The van der Waals surface area contributed by atoms with Gasteiger partial charge in [0.15, 0.2) is 5.60 Å². The summed E-state index contributed by atoms with van der Waals surface area (Å²) in [6, 6.07) is 1.49. The highest BCUT2D eigenvalue weighted by Gasteiger charge is 2.96. The lowest BCUT2D eigenvalue weighted by Gasteiger charge is -2.75. The Morgan fingerprint density at radius 3 is 2.33 bits per heavy atom. The molecule has 6 N–H and O–H groups in total. The molecule has 0 amide bonds. The first-order chi connectivity index (χ1) is 19.4. The zero-order chi connectivity index (χ0) is 31.1. The van der Waals surface area contributed by atoms with Gasteiger partial charge in [-0.1, -0.05) is 13.8 Å². The minimum Gasteiger partial charge on any atom is -0.472 e. The maximum atomic E-state index is 13.0. The molecule has 0 radical (unpaired) electrons. The Balaban J connectivity index is 1.66. The fourth-order valence-electron chi connectivity index (χ4n) is 10.0. The van der Waals surface area contributed by atoms with Crippen molar-refractivity contribution in [2.24, 2.45) is 22.2 Å². The summed E-state index contributed by atoms with van der Waals surface area (Å²) in [5.41, 5.74) is -16.1. The molecule has 13 nitrogen and oxygen atoms in total. The standard InChI is InChI=1S/C29H36O13/c1-13(30)41-22-23(2)12-27(36)25(4,15(23)8-18(32)39-5)26(35)10-17(31)24(3)16(28(26,37)21(34)29(22,27)38)9-19(33)42-20(24)14-6-7-40-11-14/h6-7,9,11,15,17,20-22,31,34-38H,8,10,12H2,1-5H3. The van der Waals surface area contributed by atoms with E-state index in [0.29, 0.717) is 5.56 Å². The number of carbonyl (C=O) groups excluding carboxylic acids is 3. The second-order valence-electron chi connectivity index (χ2n) is 13.4. The van der Waals surface area contributed by atoms with Crippen molar-refractivity contribution in [3.8, 4) is 0 Å². The van der Waals surface area contributed by atoms with Gasteiger partial charge in [-0.2, -0.15) is 0 Å². The van der Waals surface area contributed by atoms with Crippen LogP contribution in [0.4, 0.5) is 0 Å². The minimum atomic E-state index is -2.95. The molecule has 13 heteroatoms. The molecule has 5 aliphatic rings. The van der Waals surface area contributed by atoms with Crippen LogP contribution >= 0.6 is 0 Å². The molecule has 1 aromatic rings. The average molecular weight is 593 g/mol. The average Bonchev–Trinajstić information content (AvgIpc) is 3.56. The zero-order valence-electron chi connectivity index (χ0n) is 23.9. The Morgan fingerprint density at radius 1 is 1.10 bits per heavy atom. The second-order valence-corrected chi connectivity index (χ2v) is 13.4. The monoisotopic (exact) mass is 592 g/mol. The number of aliphatic hydroxyl groups is 6. The number of rotatable bonds is 4. The van der Waals surface area contributed by atoms with E-state index in [2.05, 4.69) is 0 Å². The van der Waals surface area contributed by atoms with E-state index < -0.39 is 99.7 Å². The molecule has 0 saturated heterocycles. The summed E-state index contributed by atoms with van der Waals surface area (Å²) in [5.74, 6) is -3.72. The topological polar surface area (TPSA) is 213 Å². The third kappa shape index (κ3) is 2.75. The SMILES string of the molecule is COC(=O)CC1C2(C)CC3(O)C(O)(C2OC(C)=O)C(O)C2(O)C4=CC(=O)OC(c5ccoc5)C4(C)C(O)CC2(O)C13C. The lowest BCUT2D eigenvalue weighted by atomic mass is 9.34. The van der Waals surface area contributed by atoms with Crippen LogP contribution in [0.25, 0.3) is 0 Å². The third-order valence-electron chi connectivity index (χ3n) is 11.9. The first-order valence-corrected chi connectivity index (χ1v) is 13.8. The van der Waals surface area contributed by atoms with Gasteiger partial charge < -0.3 is 49.3 Å². The van der Waals surface area contributed by atoms with E-state index in [-0.39, 0.29) is 12.0 Å². The molecule has 4 fully saturated rings. The van der Waals surface area contributed by atoms with Gasteiger partial charge in [-0.3, -0.25) is 9.59 Å². The summed E-state index contributed by atoms with van der Waals surface area (Å²) < 4.78 is 21.2. The van der Waals surface area contributed by atoms with Crippen molar-refractivity contribution < 1.29 is 63.7 Å². The molecule has 4 aliphatic carbocycles. The van der Waals surface area contributed by atoms with Gasteiger partial charge >= 0.3 is 17.9 Å². The fourth-order valence-corrected chi connectivity index (χ4v) is 10.0. The van der Waals surface area contributed by atoms with Crippen LogP contribution in [-0.2, 0) is 28.6 Å². The van der Waals surface area contributed by atoms with E-state index in [1.807, 2.05) is 0 Å². The number of cyclic esters (lactones) is 1. The lowest BCUT2D eigenvalue weighted by molar-refractivity contribution is -0.418. The van der Waals surface area contributed by atoms with Crippen molar-refractivity contribution in [2.45, 2.75) is 93.8 Å². The molecule has 12 atom stereocenters. The molecule has 2 bridgehead atoms. The summed E-state index contributed by atoms with van der Waals surface area (Å²) in [7, 11) is 1.15. The quantitative estimate of drug-likeness (QED) is 0.191. The first-order valence-electron chi connectivity index (χ1n) is 13.8. The summed E-state index contributed by atoms with van der Waals surface area (Å²) in [4.78, 5) is 38.1. The molecule has 4 saturated carbocycles. The molecule has 0 spiro atoms. The number of hydrogen-bond acceptors (Lipinski definition) is 13. The lowest BCUT2D eigenvalue weighted by Crippen LogP contribution is -2.93. The van der Waals surface area contributed by atoms with Crippen molar-refractivity contribution in [3.05, 3.63) is 35.8 Å². The molecule has 2 heterocycles. The summed E-state index contributed by atoms with van der Waals surface area (Å²) in [6.45, 7) is 5.46. The minimum absolute atomic E-state index is 0.315. The van der Waals surface area contributed by atoms with Crippen molar-refractivity contribution in [3.63, 3.8) is 0 Å². The molecular formula is C29H36O13. The van der Waals surface area contributed by atoms with Gasteiger partial charge in [-0.15, -0.1) is 0 Å². The summed E-state index contributed by atoms with van der Waals surface area (Å²) >= 11 is 0. The Bertz CT molecular complexity index is 1410. The van der Waals surface area contributed by atoms with Crippen LogP contribution in [0.5, 0.6) is 0 Å². The largest absolute Gasteiger partial charge is 0.472 e. The number of hydrogen-bond donors (Lipinski definition) is 6. The number of aliphatic hydroxyl groups excluding tert-OH is 2. The van der Waals surface area contributed by atoms with E-state index in [0.717, 1.165) is 20.1 Å². The van der Waals surface area contributed by atoms with Gasteiger partial charge in [0.25, 0.3) is 0 Å². The number of fused-ring (bicyclic) bond motifs is 5. The van der Waals surface area contributed by atoms with Crippen LogP contribution in [0.15, 0.2) is 34.7 Å². The third-order valence-corrected chi connectivity index (χ3v) is 11.9. The maximum absolute atomic E-state index is 13.0. The zero-order valence-corrected chi connectivity index (χ0v) is 23.9. The summed E-state index contributed by atoms with van der Waals surface area (Å²) in [6.07, 6.45) is -4.97. The maximum Gasteiger partial charge on any atom is 0.331 e. The smallest absolute Gasteiger partial charge is 0.331 e. The Labute approximate surface area is 240 Å². The molecule has 6 rings (SSSR count). The predicted molar refractivity (Wildman–Crippen MR) is 137 cm³/mol. The molecule has 12 unspecified atom stereocenters. The summed E-state index contributed by atoms with van der Waals surface area (Å²) in [5, 5.41) is 74.6. The molecule has 1 aromatic heterocycles. The highest BCUT2D eigenvalue weighted by Crippen LogP contribution is 2.82. The van der Waals surface area contributed by atoms with Gasteiger partial charge in [0, 0.05) is 42.2 Å². The van der Waals surface area contributed by atoms with Crippen LogP contribution in [0, 0.1) is 22.2 Å². The van der Waals surface area contributed by atoms with Crippen LogP contribution in [0.3, 0.4) is 0 Å². The molecule has 0 aromatic carbocycles. The highest BCUT2D eigenvalue weighted by atomic mass is 16.6. The van der Waals surface area contributed by atoms with Gasteiger partial charge in [0.1, 0.15) is 35.1 Å². The van der Waals surface area contributed by atoms with E-state index in [9.17, 15) is 45.0 Å². The highest BCUT2D eigenvalue weighted by molar-refractivity contribution is 5.86.